The number of fused-ring (bicyclic) bond motifs is 2. The molecule has 174 valence electrons. The van der Waals surface area contributed by atoms with Crippen molar-refractivity contribution in [1.29, 1.82) is 0 Å². The molecule has 1 N–H and O–H groups in total. The summed E-state index contributed by atoms with van der Waals surface area (Å²) in [6.45, 7) is 2.95. The lowest BCUT2D eigenvalue weighted by Gasteiger charge is -2.36. The first-order valence-corrected chi connectivity index (χ1v) is 12.2. The highest BCUT2D eigenvalue weighted by Crippen LogP contribution is 2.24. The van der Waals surface area contributed by atoms with Gasteiger partial charge in [-0.3, -0.25) is 9.59 Å². The molecular formula is C26H22N6O2S. The Hall–Kier alpha value is -4.24. The Kier molecular flexibility index (Phi) is 5.38. The van der Waals surface area contributed by atoms with Crippen LogP contribution in [0.5, 0.6) is 0 Å². The average Bonchev–Trinajstić information content (AvgIpc) is 3.31. The van der Waals surface area contributed by atoms with Gasteiger partial charge in [0.1, 0.15) is 0 Å². The van der Waals surface area contributed by atoms with E-state index in [-0.39, 0.29) is 11.5 Å². The van der Waals surface area contributed by atoms with Crippen LogP contribution in [0.3, 0.4) is 0 Å². The van der Waals surface area contributed by atoms with E-state index >= 15 is 0 Å². The van der Waals surface area contributed by atoms with E-state index < -0.39 is 0 Å². The van der Waals surface area contributed by atoms with Crippen LogP contribution in [-0.4, -0.2) is 51.6 Å². The minimum Gasteiger partial charge on any atom is -0.368 e. The molecule has 5 aromatic rings. The minimum absolute atomic E-state index is 0.00907. The van der Waals surface area contributed by atoms with E-state index in [9.17, 15) is 9.59 Å². The molecule has 0 atom stereocenters. The number of aromatic nitrogens is 3. The SMILES string of the molecule is O=C(c1cccc(Nc2nn3c(=O)c4ccccc4nc3s2)c1)N1CCN(c2ccccc2)CC1. The van der Waals surface area contributed by atoms with Crippen LogP contribution in [0.15, 0.2) is 83.7 Å². The van der Waals surface area contributed by atoms with Crippen molar-refractivity contribution in [2.75, 3.05) is 36.4 Å². The molecule has 0 spiro atoms. The standard InChI is InChI=1S/C26H22N6O2S/c33-23(31-15-13-30(14-16-31)20-9-2-1-3-10-20)18-7-6-8-19(17-18)27-25-29-32-24(34)21-11-4-5-12-22(21)28-26(32)35-25/h1-12,17H,13-16H2,(H,27,29). The number of amides is 1. The zero-order valence-electron chi connectivity index (χ0n) is 18.8. The van der Waals surface area contributed by atoms with Crippen LogP contribution in [-0.2, 0) is 0 Å². The highest BCUT2D eigenvalue weighted by molar-refractivity contribution is 7.20. The van der Waals surface area contributed by atoms with Crippen molar-refractivity contribution in [1.82, 2.24) is 19.5 Å². The van der Waals surface area contributed by atoms with Crippen LogP contribution in [0.25, 0.3) is 15.9 Å². The highest BCUT2D eigenvalue weighted by Gasteiger charge is 2.22. The molecule has 0 radical (unpaired) electrons. The second kappa shape index (κ2) is 8.84. The summed E-state index contributed by atoms with van der Waals surface area (Å²) in [6, 6.07) is 24.9. The molecule has 0 unspecified atom stereocenters. The van der Waals surface area contributed by atoms with Gasteiger partial charge in [0.05, 0.1) is 10.9 Å². The molecule has 0 saturated carbocycles. The molecule has 3 heterocycles. The minimum atomic E-state index is -0.200. The third-order valence-corrected chi connectivity index (χ3v) is 6.98. The van der Waals surface area contributed by atoms with Crippen LogP contribution in [0.4, 0.5) is 16.5 Å². The maximum Gasteiger partial charge on any atom is 0.283 e. The first-order valence-electron chi connectivity index (χ1n) is 11.4. The monoisotopic (exact) mass is 482 g/mol. The maximum absolute atomic E-state index is 13.2. The summed E-state index contributed by atoms with van der Waals surface area (Å²) in [5.74, 6) is 0.00907. The Morgan fingerprint density at radius 2 is 1.66 bits per heavy atom. The number of nitrogens with zero attached hydrogens (tertiary/aromatic N) is 5. The van der Waals surface area contributed by atoms with Crippen LogP contribution < -0.4 is 15.8 Å². The molecule has 1 aliphatic rings. The van der Waals surface area contributed by atoms with Crippen LogP contribution in [0, 0.1) is 0 Å². The third-order valence-electron chi connectivity index (χ3n) is 6.15. The fourth-order valence-electron chi connectivity index (χ4n) is 4.35. The second-order valence-electron chi connectivity index (χ2n) is 8.36. The third kappa shape index (κ3) is 4.10. The second-order valence-corrected chi connectivity index (χ2v) is 9.31. The van der Waals surface area contributed by atoms with Gasteiger partial charge in [-0.2, -0.15) is 4.52 Å². The Labute approximate surface area is 205 Å². The van der Waals surface area contributed by atoms with Gasteiger partial charge in [0.25, 0.3) is 11.5 Å². The number of para-hydroxylation sites is 2. The van der Waals surface area contributed by atoms with Crippen LogP contribution in [0.1, 0.15) is 10.4 Å². The summed E-state index contributed by atoms with van der Waals surface area (Å²) < 4.78 is 1.32. The van der Waals surface area contributed by atoms with E-state index in [0.717, 1.165) is 18.8 Å². The van der Waals surface area contributed by atoms with Crippen molar-refractivity contribution < 1.29 is 4.79 Å². The molecule has 1 aliphatic heterocycles. The summed E-state index contributed by atoms with van der Waals surface area (Å²) in [4.78, 5) is 35.2. The molecule has 3 aromatic carbocycles. The van der Waals surface area contributed by atoms with Crippen molar-refractivity contribution in [3.63, 3.8) is 0 Å². The van der Waals surface area contributed by atoms with E-state index in [0.29, 0.717) is 39.6 Å². The quantitative estimate of drug-likeness (QED) is 0.417. The zero-order valence-corrected chi connectivity index (χ0v) is 19.6. The predicted molar refractivity (Wildman–Crippen MR) is 139 cm³/mol. The summed E-state index contributed by atoms with van der Waals surface area (Å²) in [6.07, 6.45) is 0. The topological polar surface area (TPSA) is 82.8 Å². The van der Waals surface area contributed by atoms with E-state index in [1.807, 2.05) is 65.6 Å². The fraction of sp³-hybridized carbons (Fsp3) is 0.154. The Morgan fingerprint density at radius 3 is 2.49 bits per heavy atom. The molecule has 0 aliphatic carbocycles. The number of rotatable bonds is 4. The largest absolute Gasteiger partial charge is 0.368 e. The van der Waals surface area contributed by atoms with Gasteiger partial charge in [0, 0.05) is 43.1 Å². The number of nitrogens with one attached hydrogen (secondary N) is 1. The summed E-state index contributed by atoms with van der Waals surface area (Å²) in [5.41, 5.74) is 2.98. The lowest BCUT2D eigenvalue weighted by Crippen LogP contribution is -2.48. The number of carbonyl (C=O) groups is 1. The average molecular weight is 483 g/mol. The number of carbonyl (C=O) groups excluding carboxylic acids is 1. The number of benzene rings is 3. The van der Waals surface area contributed by atoms with E-state index in [1.165, 1.54) is 21.5 Å². The molecule has 1 saturated heterocycles. The van der Waals surface area contributed by atoms with Gasteiger partial charge in [-0.1, -0.05) is 47.7 Å². The summed E-state index contributed by atoms with van der Waals surface area (Å²) >= 11 is 1.29. The number of hydrogen-bond donors (Lipinski definition) is 1. The van der Waals surface area contributed by atoms with Crippen molar-refractivity contribution in [3.05, 3.63) is 94.8 Å². The first-order chi connectivity index (χ1) is 17.2. The molecule has 0 bridgehead atoms. The van der Waals surface area contributed by atoms with Gasteiger partial charge in [0.2, 0.25) is 10.1 Å². The van der Waals surface area contributed by atoms with Crippen LogP contribution in [0.2, 0.25) is 0 Å². The summed E-state index contributed by atoms with van der Waals surface area (Å²) in [5, 5.41) is 8.70. The van der Waals surface area contributed by atoms with Crippen molar-refractivity contribution in [3.8, 4) is 0 Å². The van der Waals surface area contributed by atoms with Crippen molar-refractivity contribution in [2.24, 2.45) is 0 Å². The van der Waals surface area contributed by atoms with Gasteiger partial charge in [0.15, 0.2) is 0 Å². The Bertz CT molecular complexity index is 1590. The maximum atomic E-state index is 13.2. The fourth-order valence-corrected chi connectivity index (χ4v) is 5.17. The molecule has 9 heteroatoms. The first kappa shape index (κ1) is 21.3. The Morgan fingerprint density at radius 1 is 0.886 bits per heavy atom. The van der Waals surface area contributed by atoms with Crippen LogP contribution >= 0.6 is 11.3 Å². The predicted octanol–water partition coefficient (Wildman–Crippen LogP) is 4.01. The lowest BCUT2D eigenvalue weighted by atomic mass is 10.1. The smallest absolute Gasteiger partial charge is 0.283 e. The van der Waals surface area contributed by atoms with Crippen molar-refractivity contribution in [2.45, 2.75) is 0 Å². The molecule has 2 aromatic heterocycles. The zero-order chi connectivity index (χ0) is 23.8. The molecular weight excluding hydrogens is 460 g/mol. The Balaban J connectivity index is 1.19. The molecule has 8 nitrogen and oxygen atoms in total. The molecule has 35 heavy (non-hydrogen) atoms. The van der Waals surface area contributed by atoms with Gasteiger partial charge in [-0.15, -0.1) is 5.10 Å². The highest BCUT2D eigenvalue weighted by atomic mass is 32.1. The number of anilines is 3. The van der Waals surface area contributed by atoms with E-state index in [1.54, 1.807) is 6.07 Å². The lowest BCUT2D eigenvalue weighted by molar-refractivity contribution is 0.0747. The normalized spacial score (nSPS) is 13.9. The van der Waals surface area contributed by atoms with E-state index in [4.69, 9.17) is 0 Å². The molecule has 1 fully saturated rings. The molecule has 1 amide bonds. The molecule has 6 rings (SSSR count). The van der Waals surface area contributed by atoms with Gasteiger partial charge in [-0.05, 0) is 42.5 Å². The number of hydrogen-bond acceptors (Lipinski definition) is 7. The van der Waals surface area contributed by atoms with E-state index in [2.05, 4.69) is 32.4 Å². The van der Waals surface area contributed by atoms with Gasteiger partial charge in [-0.25, -0.2) is 4.98 Å². The summed E-state index contributed by atoms with van der Waals surface area (Å²) in [7, 11) is 0. The van der Waals surface area contributed by atoms with Gasteiger partial charge < -0.3 is 15.1 Å². The van der Waals surface area contributed by atoms with Crippen molar-refractivity contribution >= 4 is 49.6 Å². The van der Waals surface area contributed by atoms with Gasteiger partial charge >= 0.3 is 0 Å². The number of piperazine rings is 1.